The standard InChI is InChI=1S/C14H28N2O2/c1-14(2,3)10-12(17)11-15-13(18)16-8-6-4-5-7-9-16/h12,17H,4-11H2,1-3H3,(H,15,18). The predicted octanol–water partition coefficient (Wildman–Crippen LogP) is 2.37. The number of likely N-dealkylation sites (tertiary alicyclic amines) is 1. The third-order valence-corrected chi connectivity index (χ3v) is 3.23. The molecule has 0 aromatic heterocycles. The summed E-state index contributed by atoms with van der Waals surface area (Å²) in [6, 6.07) is -0.0233. The molecule has 1 fully saturated rings. The molecule has 0 aromatic carbocycles. The first-order valence-corrected chi connectivity index (χ1v) is 7.09. The third kappa shape index (κ3) is 6.24. The van der Waals surface area contributed by atoms with Crippen molar-refractivity contribution in [3.05, 3.63) is 0 Å². The van der Waals surface area contributed by atoms with E-state index in [1.165, 1.54) is 12.8 Å². The molecule has 18 heavy (non-hydrogen) atoms. The number of carbonyl (C=O) groups is 1. The molecule has 0 aromatic rings. The number of carbonyl (C=O) groups excluding carboxylic acids is 1. The SMILES string of the molecule is CC(C)(C)CC(O)CNC(=O)N1CCCCCC1. The number of nitrogens with zero attached hydrogens (tertiary/aromatic N) is 1. The zero-order valence-electron chi connectivity index (χ0n) is 12.0. The van der Waals surface area contributed by atoms with Crippen LogP contribution in [-0.4, -0.2) is 41.8 Å². The first-order valence-electron chi connectivity index (χ1n) is 7.09. The highest BCUT2D eigenvalue weighted by Crippen LogP contribution is 2.20. The molecule has 2 amide bonds. The highest BCUT2D eigenvalue weighted by molar-refractivity contribution is 5.74. The number of aliphatic hydroxyl groups excluding tert-OH is 1. The van der Waals surface area contributed by atoms with E-state index in [0.29, 0.717) is 13.0 Å². The molecule has 0 saturated carbocycles. The molecule has 1 unspecified atom stereocenters. The molecule has 2 N–H and O–H groups in total. The van der Waals surface area contributed by atoms with Crippen LogP contribution in [0.5, 0.6) is 0 Å². The Balaban J connectivity index is 2.27. The zero-order valence-corrected chi connectivity index (χ0v) is 12.0. The molecule has 4 nitrogen and oxygen atoms in total. The van der Waals surface area contributed by atoms with Crippen molar-refractivity contribution in [2.75, 3.05) is 19.6 Å². The maximum atomic E-state index is 11.9. The van der Waals surface area contributed by atoms with Crippen molar-refractivity contribution in [2.24, 2.45) is 5.41 Å². The lowest BCUT2D eigenvalue weighted by atomic mass is 9.89. The summed E-state index contributed by atoms with van der Waals surface area (Å²) in [6.07, 6.45) is 4.87. The molecule has 1 atom stereocenters. The number of aliphatic hydroxyl groups is 1. The number of urea groups is 1. The summed E-state index contributed by atoms with van der Waals surface area (Å²) in [6.45, 7) is 8.32. The van der Waals surface area contributed by atoms with Crippen LogP contribution in [0.15, 0.2) is 0 Å². The molecule has 0 aliphatic carbocycles. The maximum absolute atomic E-state index is 11.9. The summed E-state index contributed by atoms with van der Waals surface area (Å²) in [7, 11) is 0. The lowest BCUT2D eigenvalue weighted by Gasteiger charge is -2.25. The van der Waals surface area contributed by atoms with Gasteiger partial charge in [-0.15, -0.1) is 0 Å². The molecule has 4 heteroatoms. The van der Waals surface area contributed by atoms with Gasteiger partial charge in [0, 0.05) is 19.6 Å². The van der Waals surface area contributed by atoms with Crippen molar-refractivity contribution >= 4 is 6.03 Å². The van der Waals surface area contributed by atoms with E-state index in [-0.39, 0.29) is 11.4 Å². The molecule has 0 radical (unpaired) electrons. The number of hydrogen-bond acceptors (Lipinski definition) is 2. The largest absolute Gasteiger partial charge is 0.391 e. The fourth-order valence-corrected chi connectivity index (χ4v) is 2.37. The van der Waals surface area contributed by atoms with Gasteiger partial charge in [0.15, 0.2) is 0 Å². The van der Waals surface area contributed by atoms with Crippen molar-refractivity contribution in [1.82, 2.24) is 10.2 Å². The van der Waals surface area contributed by atoms with Crippen LogP contribution in [0.3, 0.4) is 0 Å². The predicted molar refractivity (Wildman–Crippen MR) is 73.5 cm³/mol. The van der Waals surface area contributed by atoms with Crippen LogP contribution in [-0.2, 0) is 0 Å². The summed E-state index contributed by atoms with van der Waals surface area (Å²) in [5.74, 6) is 0. The van der Waals surface area contributed by atoms with Crippen molar-refractivity contribution in [1.29, 1.82) is 0 Å². The lowest BCUT2D eigenvalue weighted by Crippen LogP contribution is -2.43. The van der Waals surface area contributed by atoms with E-state index in [4.69, 9.17) is 0 Å². The second-order valence-corrected chi connectivity index (χ2v) is 6.51. The molecule has 1 aliphatic heterocycles. The molecular weight excluding hydrogens is 228 g/mol. The first kappa shape index (κ1) is 15.3. The molecule has 1 rings (SSSR count). The molecule has 0 spiro atoms. The molecular formula is C14H28N2O2. The Morgan fingerprint density at radius 2 is 1.78 bits per heavy atom. The number of nitrogens with one attached hydrogen (secondary N) is 1. The van der Waals surface area contributed by atoms with Gasteiger partial charge in [0.05, 0.1) is 6.10 Å². The van der Waals surface area contributed by atoms with Crippen molar-refractivity contribution in [2.45, 2.75) is 59.0 Å². The molecule has 1 aliphatic rings. The Kier molecular flexibility index (Phi) is 5.93. The average Bonchev–Trinajstić information content (AvgIpc) is 2.52. The lowest BCUT2D eigenvalue weighted by molar-refractivity contribution is 0.117. The van der Waals surface area contributed by atoms with Crippen molar-refractivity contribution in [3.63, 3.8) is 0 Å². The van der Waals surface area contributed by atoms with Crippen LogP contribution in [0.1, 0.15) is 52.9 Å². The zero-order chi connectivity index (χ0) is 13.6. The number of amides is 2. The van der Waals surface area contributed by atoms with Crippen LogP contribution in [0.4, 0.5) is 4.79 Å². The van der Waals surface area contributed by atoms with Gasteiger partial charge in [0.25, 0.3) is 0 Å². The highest BCUT2D eigenvalue weighted by atomic mass is 16.3. The summed E-state index contributed by atoms with van der Waals surface area (Å²) >= 11 is 0. The second-order valence-electron chi connectivity index (χ2n) is 6.51. The first-order chi connectivity index (χ1) is 8.38. The van der Waals surface area contributed by atoms with Gasteiger partial charge in [0.2, 0.25) is 0 Å². The molecule has 1 heterocycles. The van der Waals surface area contributed by atoms with E-state index in [1.54, 1.807) is 0 Å². The van der Waals surface area contributed by atoms with Crippen LogP contribution >= 0.6 is 0 Å². The Morgan fingerprint density at radius 1 is 1.22 bits per heavy atom. The monoisotopic (exact) mass is 256 g/mol. The Hall–Kier alpha value is -0.770. The van der Waals surface area contributed by atoms with E-state index in [0.717, 1.165) is 25.9 Å². The Labute approximate surface area is 111 Å². The molecule has 106 valence electrons. The summed E-state index contributed by atoms with van der Waals surface area (Å²) in [4.78, 5) is 13.8. The van der Waals surface area contributed by atoms with Gasteiger partial charge in [-0.1, -0.05) is 33.6 Å². The van der Waals surface area contributed by atoms with Crippen LogP contribution < -0.4 is 5.32 Å². The second kappa shape index (κ2) is 6.98. The maximum Gasteiger partial charge on any atom is 0.317 e. The van der Waals surface area contributed by atoms with Crippen LogP contribution in [0.2, 0.25) is 0 Å². The summed E-state index contributed by atoms with van der Waals surface area (Å²) in [5.41, 5.74) is 0.0900. The van der Waals surface area contributed by atoms with Gasteiger partial charge >= 0.3 is 6.03 Å². The summed E-state index contributed by atoms with van der Waals surface area (Å²) in [5, 5.41) is 12.7. The fraction of sp³-hybridized carbons (Fsp3) is 0.929. The van der Waals surface area contributed by atoms with E-state index in [2.05, 4.69) is 26.1 Å². The number of hydrogen-bond donors (Lipinski definition) is 2. The minimum Gasteiger partial charge on any atom is -0.391 e. The summed E-state index contributed by atoms with van der Waals surface area (Å²) < 4.78 is 0. The minimum atomic E-state index is -0.457. The quantitative estimate of drug-likeness (QED) is 0.814. The van der Waals surface area contributed by atoms with E-state index in [1.807, 2.05) is 4.90 Å². The van der Waals surface area contributed by atoms with E-state index >= 15 is 0 Å². The topological polar surface area (TPSA) is 52.6 Å². The van der Waals surface area contributed by atoms with Gasteiger partial charge in [-0.3, -0.25) is 0 Å². The molecule has 1 saturated heterocycles. The van der Waals surface area contributed by atoms with Gasteiger partial charge in [-0.25, -0.2) is 4.79 Å². The van der Waals surface area contributed by atoms with Crippen molar-refractivity contribution < 1.29 is 9.90 Å². The van der Waals surface area contributed by atoms with Gasteiger partial charge in [-0.05, 0) is 24.7 Å². The van der Waals surface area contributed by atoms with Crippen molar-refractivity contribution in [3.8, 4) is 0 Å². The van der Waals surface area contributed by atoms with E-state index in [9.17, 15) is 9.90 Å². The Bertz CT molecular complexity index is 253. The minimum absolute atomic E-state index is 0.0233. The van der Waals surface area contributed by atoms with Crippen LogP contribution in [0, 0.1) is 5.41 Å². The van der Waals surface area contributed by atoms with Gasteiger partial charge in [0.1, 0.15) is 0 Å². The highest BCUT2D eigenvalue weighted by Gasteiger charge is 2.19. The Morgan fingerprint density at radius 3 is 2.28 bits per heavy atom. The normalized spacial score (nSPS) is 19.2. The molecule has 0 bridgehead atoms. The fourth-order valence-electron chi connectivity index (χ4n) is 2.37. The van der Waals surface area contributed by atoms with Gasteiger partial charge < -0.3 is 15.3 Å². The number of rotatable bonds is 3. The smallest absolute Gasteiger partial charge is 0.317 e. The average molecular weight is 256 g/mol. The van der Waals surface area contributed by atoms with Gasteiger partial charge in [-0.2, -0.15) is 0 Å². The van der Waals surface area contributed by atoms with E-state index < -0.39 is 6.10 Å². The third-order valence-electron chi connectivity index (χ3n) is 3.23. The van der Waals surface area contributed by atoms with Crippen LogP contribution in [0.25, 0.3) is 0 Å².